The van der Waals surface area contributed by atoms with Gasteiger partial charge in [-0.3, -0.25) is 9.59 Å². The molecule has 2 aliphatic rings. The molecule has 0 bridgehead atoms. The number of thioether (sulfide) groups is 1. The van der Waals surface area contributed by atoms with Gasteiger partial charge in [-0.2, -0.15) is 5.10 Å². The highest BCUT2D eigenvalue weighted by Gasteiger charge is 2.25. The summed E-state index contributed by atoms with van der Waals surface area (Å²) in [4.78, 5) is 26.5. The summed E-state index contributed by atoms with van der Waals surface area (Å²) >= 11 is 1.25. The summed E-state index contributed by atoms with van der Waals surface area (Å²) in [7, 11) is 1.62. The molecule has 0 spiro atoms. The van der Waals surface area contributed by atoms with Crippen LogP contribution >= 0.6 is 11.8 Å². The van der Waals surface area contributed by atoms with Gasteiger partial charge < -0.3 is 19.7 Å². The molecule has 2 amide bonds. The summed E-state index contributed by atoms with van der Waals surface area (Å²) in [6.45, 7) is 6.79. The molecule has 2 aromatic carbocycles. The van der Waals surface area contributed by atoms with E-state index in [-0.39, 0.29) is 23.4 Å². The molecular weight excluding hydrogens is 476 g/mol. The van der Waals surface area contributed by atoms with E-state index >= 15 is 0 Å². The molecule has 2 aromatic rings. The lowest BCUT2D eigenvalue weighted by atomic mass is 10.1. The lowest BCUT2D eigenvalue weighted by Crippen LogP contribution is -2.50. The van der Waals surface area contributed by atoms with Crippen LogP contribution in [0.4, 0.5) is 10.5 Å². The van der Waals surface area contributed by atoms with E-state index in [9.17, 15) is 9.59 Å². The molecule has 1 unspecified atom stereocenters. The quantitative estimate of drug-likeness (QED) is 0.538. The van der Waals surface area contributed by atoms with E-state index in [0.717, 1.165) is 48.3 Å². The number of hydrogen-bond donors (Lipinski definition) is 1. The highest BCUT2D eigenvalue weighted by atomic mass is 32.2. The molecule has 0 radical (unpaired) electrons. The van der Waals surface area contributed by atoms with Crippen molar-refractivity contribution in [1.29, 1.82) is 0 Å². The summed E-state index contributed by atoms with van der Waals surface area (Å²) in [6.07, 6.45) is 3.17. The molecule has 1 saturated heterocycles. The van der Waals surface area contributed by atoms with Crippen LogP contribution in [0.1, 0.15) is 51.2 Å². The average Bonchev–Trinajstić information content (AvgIpc) is 2.85. The van der Waals surface area contributed by atoms with Crippen LogP contribution in [0.5, 0.6) is 11.5 Å². The van der Waals surface area contributed by atoms with Crippen LogP contribution in [0.25, 0.3) is 0 Å². The van der Waals surface area contributed by atoms with Crippen LogP contribution in [0.15, 0.2) is 47.6 Å². The Morgan fingerprint density at radius 1 is 1.17 bits per heavy atom. The molecule has 192 valence electrons. The van der Waals surface area contributed by atoms with Gasteiger partial charge in [-0.25, -0.2) is 5.01 Å². The number of methoxy groups -OCH3 is 1. The summed E-state index contributed by atoms with van der Waals surface area (Å²) in [5.41, 5.74) is 3.78. The van der Waals surface area contributed by atoms with Crippen molar-refractivity contribution in [3.05, 3.63) is 53.6 Å². The zero-order valence-corrected chi connectivity index (χ0v) is 22.1. The lowest BCUT2D eigenvalue weighted by molar-refractivity contribution is -0.119. The number of rotatable bonds is 8. The van der Waals surface area contributed by atoms with E-state index in [1.807, 2.05) is 44.2 Å². The van der Waals surface area contributed by atoms with Gasteiger partial charge in [0, 0.05) is 30.5 Å². The van der Waals surface area contributed by atoms with E-state index < -0.39 is 0 Å². The van der Waals surface area contributed by atoms with Crippen molar-refractivity contribution in [2.75, 3.05) is 24.3 Å². The summed E-state index contributed by atoms with van der Waals surface area (Å²) in [6, 6.07) is 13.9. The van der Waals surface area contributed by atoms with Gasteiger partial charge >= 0.3 is 5.24 Å². The molecule has 4 rings (SSSR count). The van der Waals surface area contributed by atoms with E-state index in [1.54, 1.807) is 14.0 Å². The normalized spacial score (nSPS) is 18.2. The molecule has 1 atom stereocenters. The minimum absolute atomic E-state index is 0.0105. The maximum Gasteiger partial charge on any atom is 0.302 e. The summed E-state index contributed by atoms with van der Waals surface area (Å²) < 4.78 is 11.3. The predicted octanol–water partition coefficient (Wildman–Crippen LogP) is 5.01. The van der Waals surface area contributed by atoms with Gasteiger partial charge in [0.15, 0.2) is 11.5 Å². The monoisotopic (exact) mass is 510 g/mol. The van der Waals surface area contributed by atoms with E-state index in [2.05, 4.69) is 27.5 Å². The van der Waals surface area contributed by atoms with Crippen molar-refractivity contribution in [1.82, 2.24) is 10.3 Å². The predicted molar refractivity (Wildman–Crippen MR) is 144 cm³/mol. The number of piperidine rings is 1. The number of carbonyl (C=O) groups is 2. The zero-order valence-electron chi connectivity index (χ0n) is 21.3. The number of anilines is 1. The average molecular weight is 511 g/mol. The maximum atomic E-state index is 12.6. The fourth-order valence-corrected chi connectivity index (χ4v) is 5.19. The van der Waals surface area contributed by atoms with Crippen LogP contribution in [0, 0.1) is 0 Å². The number of hydrazone groups is 1. The van der Waals surface area contributed by atoms with Gasteiger partial charge in [0.1, 0.15) is 6.17 Å². The van der Waals surface area contributed by atoms with Gasteiger partial charge in [0.2, 0.25) is 5.91 Å². The van der Waals surface area contributed by atoms with E-state index in [0.29, 0.717) is 23.8 Å². The second-order valence-electron chi connectivity index (χ2n) is 9.26. The fourth-order valence-electron chi connectivity index (χ4n) is 4.45. The molecule has 0 saturated carbocycles. The minimum atomic E-state index is -0.0725. The van der Waals surface area contributed by atoms with Crippen molar-refractivity contribution >= 4 is 34.3 Å². The van der Waals surface area contributed by atoms with Crippen molar-refractivity contribution in [3.63, 3.8) is 0 Å². The van der Waals surface area contributed by atoms with Gasteiger partial charge in [-0.05, 0) is 69.0 Å². The number of ether oxygens (including phenoxy) is 2. The Kier molecular flexibility index (Phi) is 8.40. The number of carbonyl (C=O) groups excluding carboxylic acids is 2. The van der Waals surface area contributed by atoms with Crippen molar-refractivity contribution < 1.29 is 19.1 Å². The Balaban J connectivity index is 1.50. The van der Waals surface area contributed by atoms with Gasteiger partial charge in [-0.15, -0.1) is 0 Å². The SMILES string of the molecule is COc1ccc(C2=NN(Cc3ccc(N4CCCCC4NC(C)=O)cc3)C(=O)SC2)cc1OC(C)C. The molecule has 0 aliphatic carbocycles. The highest BCUT2D eigenvalue weighted by molar-refractivity contribution is 8.14. The second-order valence-corrected chi connectivity index (χ2v) is 10.2. The number of benzene rings is 2. The van der Waals surface area contributed by atoms with Crippen LogP contribution in [-0.4, -0.2) is 53.5 Å². The number of hydrogen-bond acceptors (Lipinski definition) is 7. The molecule has 2 heterocycles. The zero-order chi connectivity index (χ0) is 25.7. The van der Waals surface area contributed by atoms with Crippen LogP contribution in [0.3, 0.4) is 0 Å². The van der Waals surface area contributed by atoms with Gasteiger partial charge in [0.05, 0.1) is 25.5 Å². The van der Waals surface area contributed by atoms with Crippen LogP contribution in [0.2, 0.25) is 0 Å². The molecule has 36 heavy (non-hydrogen) atoms. The molecule has 1 fully saturated rings. The fraction of sp³-hybridized carbons (Fsp3) is 0.444. The third-order valence-electron chi connectivity index (χ3n) is 6.12. The Morgan fingerprint density at radius 3 is 2.64 bits per heavy atom. The first-order valence-electron chi connectivity index (χ1n) is 12.3. The molecular formula is C27H34N4O4S. The Hall–Kier alpha value is -3.20. The molecule has 2 aliphatic heterocycles. The first kappa shape index (κ1) is 25.9. The lowest BCUT2D eigenvalue weighted by Gasteiger charge is -2.37. The Labute approximate surface area is 217 Å². The van der Waals surface area contributed by atoms with E-state index in [1.165, 1.54) is 16.8 Å². The van der Waals surface area contributed by atoms with Crippen molar-refractivity contribution in [2.24, 2.45) is 5.10 Å². The summed E-state index contributed by atoms with van der Waals surface area (Å²) in [5, 5.41) is 9.19. The highest BCUT2D eigenvalue weighted by Crippen LogP contribution is 2.31. The van der Waals surface area contributed by atoms with Gasteiger partial charge in [0.25, 0.3) is 0 Å². The van der Waals surface area contributed by atoms with Crippen molar-refractivity contribution in [3.8, 4) is 11.5 Å². The number of nitrogens with zero attached hydrogens (tertiary/aromatic N) is 3. The second kappa shape index (κ2) is 11.7. The van der Waals surface area contributed by atoms with E-state index in [4.69, 9.17) is 9.47 Å². The minimum Gasteiger partial charge on any atom is -0.493 e. The van der Waals surface area contributed by atoms with Crippen LogP contribution in [-0.2, 0) is 11.3 Å². The standard InChI is InChI=1S/C27H34N4O4S/c1-18(2)35-25-15-21(10-13-24(25)34-4)23-17-36-27(33)31(29-23)16-20-8-11-22(12-9-20)30-14-6-5-7-26(30)28-19(3)32/h8-13,15,18,26H,5-7,14,16-17H2,1-4H3,(H,28,32). The topological polar surface area (TPSA) is 83.5 Å². The molecule has 9 heteroatoms. The van der Waals surface area contributed by atoms with Crippen molar-refractivity contribution in [2.45, 2.75) is 58.8 Å². The number of nitrogens with one attached hydrogen (secondary N) is 1. The third kappa shape index (κ3) is 6.32. The summed E-state index contributed by atoms with van der Waals surface area (Å²) in [5.74, 6) is 1.81. The van der Waals surface area contributed by atoms with Gasteiger partial charge in [-0.1, -0.05) is 23.9 Å². The molecule has 0 aromatic heterocycles. The maximum absolute atomic E-state index is 12.6. The van der Waals surface area contributed by atoms with Crippen LogP contribution < -0.4 is 19.7 Å². The Morgan fingerprint density at radius 2 is 1.94 bits per heavy atom. The first-order valence-corrected chi connectivity index (χ1v) is 13.3. The largest absolute Gasteiger partial charge is 0.493 e. The smallest absolute Gasteiger partial charge is 0.302 e. The Bertz CT molecular complexity index is 1120. The third-order valence-corrected chi connectivity index (χ3v) is 6.99. The molecule has 8 nitrogen and oxygen atoms in total. The molecule has 1 N–H and O–H groups in total. The first-order chi connectivity index (χ1) is 17.3. The number of amides is 2.